The van der Waals surface area contributed by atoms with Gasteiger partial charge < -0.3 is 9.49 Å². The largest absolute Gasteiger partial charge is 0.538 e. The number of rotatable bonds is 2. The Hall–Kier alpha value is -0.965. The maximum absolute atomic E-state index is 10.1. The zero-order valence-electron chi connectivity index (χ0n) is 4.09. The van der Waals surface area contributed by atoms with Gasteiger partial charge in [-0.25, -0.2) is 4.79 Å². The molecule has 0 saturated carbocycles. The average molecular weight is 113 g/mol. The van der Waals surface area contributed by atoms with Crippen LogP contribution in [0, 0.1) is 0 Å². The minimum absolute atomic E-state index is 0.326. The summed E-state index contributed by atoms with van der Waals surface area (Å²) in [5.74, 6) is 3.28. The molecular weight excluding hydrogens is 109 g/mol. The van der Waals surface area contributed by atoms with Crippen LogP contribution in [0.15, 0.2) is 12.3 Å². The van der Waals surface area contributed by atoms with Crippen molar-refractivity contribution in [3.8, 4) is 0 Å². The number of hydrogen-bond acceptors (Lipinski definition) is 4. The Morgan fingerprint density at radius 3 is 2.38 bits per heavy atom. The summed E-state index contributed by atoms with van der Waals surface area (Å²) in [5.41, 5.74) is 0. The molecule has 0 saturated heterocycles. The van der Waals surface area contributed by atoms with Crippen LogP contribution in [0.3, 0.4) is 0 Å². The number of carbonyl (C=O) groups excluding carboxylic acids is 1. The summed E-state index contributed by atoms with van der Waals surface area (Å²) in [4.78, 5) is 13.9. The van der Waals surface area contributed by atoms with Gasteiger partial charge in [-0.15, -0.1) is 0 Å². The lowest BCUT2D eigenvalue weighted by atomic mass is 10.5. The van der Waals surface area contributed by atoms with E-state index < -0.39 is 5.97 Å². The first-order valence-electron chi connectivity index (χ1n) is 1.69. The van der Waals surface area contributed by atoms with Crippen molar-refractivity contribution >= 4 is 14.0 Å². The van der Waals surface area contributed by atoms with E-state index in [4.69, 9.17) is 0 Å². The normalized spacial score (nSPS) is 7.62. The van der Waals surface area contributed by atoms with E-state index >= 15 is 0 Å². The standard InChI is InChI=1S/C3H4BNO3/c1-2(8-5)3(6)7-4/h1,5H2. The molecule has 0 aromatic heterocycles. The van der Waals surface area contributed by atoms with Crippen LogP contribution in [0.25, 0.3) is 0 Å². The van der Waals surface area contributed by atoms with Crippen molar-refractivity contribution in [1.82, 2.24) is 0 Å². The summed E-state index contributed by atoms with van der Waals surface area (Å²) in [6.07, 6.45) is 0. The van der Waals surface area contributed by atoms with E-state index in [2.05, 4.69) is 30.0 Å². The Labute approximate surface area is 47.6 Å². The molecule has 4 nitrogen and oxygen atoms in total. The molecule has 0 atom stereocenters. The van der Waals surface area contributed by atoms with E-state index in [0.717, 1.165) is 0 Å². The first-order valence-corrected chi connectivity index (χ1v) is 1.69. The van der Waals surface area contributed by atoms with Gasteiger partial charge in [-0.3, -0.25) is 0 Å². The Bertz CT molecular complexity index is 99.1. The second-order valence-corrected chi connectivity index (χ2v) is 0.946. The van der Waals surface area contributed by atoms with Gasteiger partial charge in [0, 0.05) is 0 Å². The van der Waals surface area contributed by atoms with Crippen molar-refractivity contribution < 1.29 is 14.3 Å². The van der Waals surface area contributed by atoms with Gasteiger partial charge >= 0.3 is 14.0 Å². The summed E-state index contributed by atoms with van der Waals surface area (Å²) in [5, 5.41) is 0. The van der Waals surface area contributed by atoms with Crippen molar-refractivity contribution in [1.29, 1.82) is 0 Å². The molecular formula is C3H4BNO3. The summed E-state index contributed by atoms with van der Waals surface area (Å²) in [6, 6.07) is 0. The highest BCUT2D eigenvalue weighted by Crippen LogP contribution is 1.88. The zero-order chi connectivity index (χ0) is 6.57. The molecule has 2 N–H and O–H groups in total. The number of nitrogens with two attached hydrogens (primary N) is 1. The van der Waals surface area contributed by atoms with Gasteiger partial charge in [-0.05, 0) is 6.58 Å². The minimum atomic E-state index is -0.882. The molecule has 0 bridgehead atoms. The topological polar surface area (TPSA) is 61.5 Å². The molecule has 0 amide bonds. The van der Waals surface area contributed by atoms with Gasteiger partial charge in [0.05, 0.1) is 0 Å². The third kappa shape index (κ3) is 1.66. The lowest BCUT2D eigenvalue weighted by Crippen LogP contribution is -2.10. The highest BCUT2D eigenvalue weighted by Gasteiger charge is 2.03. The van der Waals surface area contributed by atoms with Crippen LogP contribution in [0.1, 0.15) is 0 Å². The maximum atomic E-state index is 10.1. The average Bonchev–Trinajstić information content (AvgIpc) is 1.84. The van der Waals surface area contributed by atoms with Crippen molar-refractivity contribution in [2.75, 3.05) is 0 Å². The lowest BCUT2D eigenvalue weighted by Gasteiger charge is -1.97. The van der Waals surface area contributed by atoms with E-state index in [-0.39, 0.29) is 5.76 Å². The van der Waals surface area contributed by atoms with Gasteiger partial charge in [0.15, 0.2) is 0 Å². The van der Waals surface area contributed by atoms with E-state index in [1.165, 1.54) is 0 Å². The minimum Gasteiger partial charge on any atom is -0.538 e. The van der Waals surface area contributed by atoms with Crippen LogP contribution in [0.4, 0.5) is 0 Å². The van der Waals surface area contributed by atoms with Crippen LogP contribution in [0.2, 0.25) is 0 Å². The van der Waals surface area contributed by atoms with Crippen LogP contribution in [-0.4, -0.2) is 14.0 Å². The first-order chi connectivity index (χ1) is 3.72. The molecule has 0 rings (SSSR count). The predicted molar refractivity (Wildman–Crippen MR) is 26.3 cm³/mol. The van der Waals surface area contributed by atoms with Gasteiger partial charge in [-0.1, -0.05) is 0 Å². The molecule has 0 aliphatic heterocycles. The molecule has 0 aromatic rings. The summed E-state index contributed by atoms with van der Waals surface area (Å²) >= 11 is 0. The second-order valence-electron chi connectivity index (χ2n) is 0.946. The summed E-state index contributed by atoms with van der Waals surface area (Å²) in [6.45, 7) is 3.04. The zero-order valence-corrected chi connectivity index (χ0v) is 4.09. The van der Waals surface area contributed by atoms with E-state index in [1.807, 2.05) is 0 Å². The summed E-state index contributed by atoms with van der Waals surface area (Å²) < 4.78 is 3.66. The van der Waals surface area contributed by atoms with Crippen LogP contribution >= 0.6 is 0 Å². The van der Waals surface area contributed by atoms with Crippen molar-refractivity contribution in [3.63, 3.8) is 0 Å². The fourth-order valence-electron chi connectivity index (χ4n) is 0.114. The van der Waals surface area contributed by atoms with Crippen LogP contribution in [-0.2, 0) is 14.3 Å². The van der Waals surface area contributed by atoms with Gasteiger partial charge in [0.25, 0.3) is 0 Å². The van der Waals surface area contributed by atoms with Gasteiger partial charge in [-0.2, -0.15) is 5.90 Å². The number of hydrogen-bond donors (Lipinski definition) is 1. The molecule has 0 fully saturated rings. The third-order valence-corrected chi connectivity index (χ3v) is 0.477. The molecule has 0 aromatic carbocycles. The van der Waals surface area contributed by atoms with Crippen LogP contribution < -0.4 is 5.90 Å². The second kappa shape index (κ2) is 3.09. The monoisotopic (exact) mass is 113 g/mol. The van der Waals surface area contributed by atoms with Gasteiger partial charge in [0.1, 0.15) is 0 Å². The quantitative estimate of drug-likeness (QED) is 0.216. The van der Waals surface area contributed by atoms with E-state index in [9.17, 15) is 4.79 Å². The predicted octanol–water partition coefficient (Wildman–Crippen LogP) is -0.983. The van der Waals surface area contributed by atoms with Crippen molar-refractivity contribution in [2.24, 2.45) is 5.90 Å². The molecule has 0 unspecified atom stereocenters. The van der Waals surface area contributed by atoms with E-state index in [0.29, 0.717) is 0 Å². The summed E-state index contributed by atoms with van der Waals surface area (Å²) in [7, 11) is 4.40. The smallest absolute Gasteiger partial charge is 0.379 e. The first kappa shape index (κ1) is 7.03. The molecule has 0 aliphatic carbocycles. The SMILES string of the molecule is [B]OC(=O)C(=C)ON. The van der Waals surface area contributed by atoms with Crippen molar-refractivity contribution in [3.05, 3.63) is 12.3 Å². The maximum Gasteiger partial charge on any atom is 0.379 e. The molecule has 2 radical (unpaired) electrons. The Balaban J connectivity index is 3.64. The molecule has 0 aliphatic rings. The molecule has 5 heteroatoms. The van der Waals surface area contributed by atoms with E-state index in [1.54, 1.807) is 0 Å². The Morgan fingerprint density at radius 2 is 2.25 bits per heavy atom. The third-order valence-electron chi connectivity index (χ3n) is 0.477. The highest BCUT2D eigenvalue weighted by atomic mass is 16.6. The fourth-order valence-corrected chi connectivity index (χ4v) is 0.114. The number of carbonyl (C=O) groups is 1. The van der Waals surface area contributed by atoms with Crippen LogP contribution in [0.5, 0.6) is 0 Å². The molecule has 0 spiro atoms. The Morgan fingerprint density at radius 1 is 1.75 bits per heavy atom. The Kier molecular flexibility index (Phi) is 2.72. The van der Waals surface area contributed by atoms with Crippen molar-refractivity contribution in [2.45, 2.75) is 0 Å². The fraction of sp³-hybridized carbons (Fsp3) is 0. The molecule has 0 heterocycles. The highest BCUT2D eigenvalue weighted by molar-refractivity contribution is 6.08. The molecule has 42 valence electrons. The lowest BCUT2D eigenvalue weighted by molar-refractivity contribution is -0.133. The van der Waals surface area contributed by atoms with Gasteiger partial charge in [0.2, 0.25) is 5.76 Å². The molecule has 8 heavy (non-hydrogen) atoms.